The van der Waals surface area contributed by atoms with Crippen molar-refractivity contribution in [2.45, 2.75) is 4.05 Å². The first kappa shape index (κ1) is 21.2. The Morgan fingerprint density at radius 2 is 1.68 bits per heavy atom. The van der Waals surface area contributed by atoms with Gasteiger partial charge in [0.15, 0.2) is 0 Å². The van der Waals surface area contributed by atoms with Gasteiger partial charge in [-0.25, -0.2) is 9.97 Å². The van der Waals surface area contributed by atoms with Gasteiger partial charge >= 0.3 is 0 Å². The molecule has 2 aliphatic rings. The van der Waals surface area contributed by atoms with E-state index >= 15 is 0 Å². The number of likely N-dealkylation sites (N-methyl/N-ethyl adjacent to an activating group) is 1. The van der Waals surface area contributed by atoms with Crippen molar-refractivity contribution in [1.29, 1.82) is 0 Å². The number of imide groups is 1. The van der Waals surface area contributed by atoms with E-state index in [1.807, 2.05) is 48.5 Å². The molecular formula is C25H21IN6O2. The van der Waals surface area contributed by atoms with Crippen LogP contribution in [0.25, 0.3) is 33.0 Å². The van der Waals surface area contributed by atoms with E-state index in [0.717, 1.165) is 41.4 Å². The van der Waals surface area contributed by atoms with Crippen molar-refractivity contribution in [1.82, 2.24) is 25.2 Å². The Labute approximate surface area is 209 Å². The number of aromatic amines is 1. The number of piperazine rings is 1. The largest absolute Gasteiger partial charge is 0.361 e. The summed E-state index contributed by atoms with van der Waals surface area (Å²) < 4.78 is 0.187. The zero-order valence-corrected chi connectivity index (χ0v) is 20.5. The maximum Gasteiger partial charge on any atom is 0.261 e. The van der Waals surface area contributed by atoms with Crippen LogP contribution in [0, 0.1) is 0 Å². The lowest BCUT2D eigenvalue weighted by molar-refractivity contribution is -0.122. The number of hydrogen-bond donors (Lipinski definition) is 2. The summed E-state index contributed by atoms with van der Waals surface area (Å²) in [6.45, 7) is 2.56. The predicted molar refractivity (Wildman–Crippen MR) is 140 cm³/mol. The van der Waals surface area contributed by atoms with Gasteiger partial charge in [0, 0.05) is 47.7 Å². The van der Waals surface area contributed by atoms with E-state index in [0.29, 0.717) is 22.8 Å². The second-order valence-electron chi connectivity index (χ2n) is 8.56. The van der Waals surface area contributed by atoms with Crippen molar-refractivity contribution in [3.05, 3.63) is 66.0 Å². The SMILES string of the molecule is CN1CCN(c2nc(C3=C(c4c[nH]c5ccccc45)C(=O)NC3=O)c3ccccc3n2)C(I)C1. The van der Waals surface area contributed by atoms with Crippen molar-refractivity contribution >= 4 is 73.3 Å². The Kier molecular flexibility index (Phi) is 5.10. The molecule has 4 heterocycles. The van der Waals surface area contributed by atoms with Gasteiger partial charge in [0.2, 0.25) is 5.95 Å². The van der Waals surface area contributed by atoms with Gasteiger partial charge in [-0.15, -0.1) is 0 Å². The van der Waals surface area contributed by atoms with Gasteiger partial charge in [-0.1, -0.05) is 59.0 Å². The standard InChI is InChI=1S/C25H21IN6O2/c1-31-10-11-32(19(26)13-31)25-28-18-9-5-3-7-15(18)22(29-25)21-20(23(33)30-24(21)34)16-12-27-17-8-4-2-6-14(16)17/h2-9,12,19,27H,10-11,13H2,1H3,(H,30,33,34). The zero-order chi connectivity index (χ0) is 23.4. The maximum atomic E-state index is 13.2. The monoisotopic (exact) mass is 564 g/mol. The minimum absolute atomic E-state index is 0.187. The first-order valence-electron chi connectivity index (χ1n) is 11.0. The predicted octanol–water partition coefficient (Wildman–Crippen LogP) is 3.19. The number of benzene rings is 2. The molecular weight excluding hydrogens is 543 g/mol. The van der Waals surface area contributed by atoms with E-state index in [1.54, 1.807) is 6.20 Å². The third-order valence-electron chi connectivity index (χ3n) is 6.40. The lowest BCUT2D eigenvalue weighted by atomic mass is 9.97. The van der Waals surface area contributed by atoms with Crippen LogP contribution in [0.2, 0.25) is 0 Å². The highest BCUT2D eigenvalue weighted by Crippen LogP contribution is 2.37. The number of anilines is 1. The molecule has 2 aromatic heterocycles. The average Bonchev–Trinajstić information content (AvgIpc) is 3.37. The van der Waals surface area contributed by atoms with E-state index in [4.69, 9.17) is 9.97 Å². The minimum Gasteiger partial charge on any atom is -0.361 e. The maximum absolute atomic E-state index is 13.2. The number of rotatable bonds is 3. The molecule has 1 fully saturated rings. The summed E-state index contributed by atoms with van der Waals surface area (Å²) in [5.74, 6) is -0.288. The van der Waals surface area contributed by atoms with E-state index in [1.165, 1.54) is 0 Å². The molecule has 0 spiro atoms. The van der Waals surface area contributed by atoms with Gasteiger partial charge in [-0.05, 0) is 19.2 Å². The summed E-state index contributed by atoms with van der Waals surface area (Å²) in [4.78, 5) is 43.6. The van der Waals surface area contributed by atoms with Crippen LogP contribution in [0.15, 0.2) is 54.7 Å². The number of aromatic nitrogens is 3. The van der Waals surface area contributed by atoms with Gasteiger partial charge in [-0.3, -0.25) is 14.9 Å². The van der Waals surface area contributed by atoms with Crippen LogP contribution in [0.3, 0.4) is 0 Å². The Morgan fingerprint density at radius 1 is 0.941 bits per heavy atom. The van der Waals surface area contributed by atoms with Crippen molar-refractivity contribution in [3.8, 4) is 0 Å². The second kappa shape index (κ2) is 8.17. The smallest absolute Gasteiger partial charge is 0.261 e. The number of H-pyrrole nitrogens is 1. The molecule has 8 nitrogen and oxygen atoms in total. The number of para-hydroxylation sites is 2. The molecule has 2 aromatic carbocycles. The fourth-order valence-corrected chi connectivity index (χ4v) is 5.89. The highest BCUT2D eigenvalue weighted by atomic mass is 127. The molecule has 6 rings (SSSR count). The molecule has 9 heteroatoms. The molecule has 0 saturated carbocycles. The second-order valence-corrected chi connectivity index (χ2v) is 10.00. The number of carbonyl (C=O) groups is 2. The number of fused-ring (bicyclic) bond motifs is 2. The summed E-state index contributed by atoms with van der Waals surface area (Å²) in [5, 5.41) is 4.12. The molecule has 34 heavy (non-hydrogen) atoms. The average molecular weight is 564 g/mol. The van der Waals surface area contributed by atoms with Crippen LogP contribution in [0.5, 0.6) is 0 Å². The molecule has 1 unspecified atom stereocenters. The number of halogens is 1. The number of carbonyl (C=O) groups excluding carboxylic acids is 2. The van der Waals surface area contributed by atoms with Crippen molar-refractivity contribution in [2.75, 3.05) is 31.6 Å². The van der Waals surface area contributed by atoms with Gasteiger partial charge in [-0.2, -0.15) is 0 Å². The van der Waals surface area contributed by atoms with E-state index in [2.05, 4.69) is 49.7 Å². The first-order chi connectivity index (χ1) is 16.5. The molecule has 1 atom stereocenters. The fraction of sp³-hybridized carbons (Fsp3) is 0.200. The van der Waals surface area contributed by atoms with Gasteiger partial charge in [0.25, 0.3) is 11.8 Å². The molecule has 0 aliphatic carbocycles. The number of amides is 2. The lowest BCUT2D eigenvalue weighted by Gasteiger charge is -2.37. The summed E-state index contributed by atoms with van der Waals surface area (Å²) in [6, 6.07) is 15.4. The Balaban J connectivity index is 1.61. The molecule has 1 saturated heterocycles. The highest BCUT2D eigenvalue weighted by Gasteiger charge is 2.36. The van der Waals surface area contributed by atoms with E-state index in [9.17, 15) is 9.59 Å². The van der Waals surface area contributed by atoms with Crippen LogP contribution < -0.4 is 10.2 Å². The van der Waals surface area contributed by atoms with Gasteiger partial charge in [0.05, 0.1) is 26.4 Å². The lowest BCUT2D eigenvalue weighted by Crippen LogP contribution is -2.49. The summed E-state index contributed by atoms with van der Waals surface area (Å²) in [5.41, 5.74) is 3.42. The van der Waals surface area contributed by atoms with E-state index < -0.39 is 11.8 Å². The Hall–Kier alpha value is -3.31. The number of hydrogen-bond acceptors (Lipinski definition) is 6. The Bertz CT molecular complexity index is 1510. The van der Waals surface area contributed by atoms with Crippen molar-refractivity contribution < 1.29 is 9.59 Å². The quantitative estimate of drug-likeness (QED) is 0.172. The van der Waals surface area contributed by atoms with Crippen LogP contribution in [0.4, 0.5) is 5.95 Å². The summed E-state index contributed by atoms with van der Waals surface area (Å²) in [7, 11) is 2.10. The molecule has 4 aromatic rings. The highest BCUT2D eigenvalue weighted by molar-refractivity contribution is 14.1. The van der Waals surface area contributed by atoms with Crippen molar-refractivity contribution in [2.24, 2.45) is 0 Å². The number of alkyl halides is 1. The molecule has 170 valence electrons. The van der Waals surface area contributed by atoms with Gasteiger partial charge < -0.3 is 14.8 Å². The van der Waals surface area contributed by atoms with Crippen LogP contribution in [-0.4, -0.2) is 62.4 Å². The third-order valence-corrected chi connectivity index (χ3v) is 7.46. The Morgan fingerprint density at radius 3 is 2.50 bits per heavy atom. The first-order valence-corrected chi connectivity index (χ1v) is 12.3. The summed E-state index contributed by atoms with van der Waals surface area (Å²) in [6.07, 6.45) is 1.78. The molecule has 2 aliphatic heterocycles. The van der Waals surface area contributed by atoms with Gasteiger partial charge in [0.1, 0.15) is 0 Å². The number of nitrogens with one attached hydrogen (secondary N) is 2. The van der Waals surface area contributed by atoms with Crippen molar-refractivity contribution in [3.63, 3.8) is 0 Å². The molecule has 0 bridgehead atoms. The third kappa shape index (κ3) is 3.38. The topological polar surface area (TPSA) is 94.2 Å². The van der Waals surface area contributed by atoms with E-state index in [-0.39, 0.29) is 9.62 Å². The molecule has 0 radical (unpaired) electrons. The van der Waals surface area contributed by atoms with Crippen LogP contribution >= 0.6 is 22.6 Å². The fourth-order valence-electron chi connectivity index (χ4n) is 4.69. The zero-order valence-electron chi connectivity index (χ0n) is 18.4. The van der Waals surface area contributed by atoms with Crippen LogP contribution in [-0.2, 0) is 9.59 Å². The number of nitrogens with zero attached hydrogens (tertiary/aromatic N) is 4. The summed E-state index contributed by atoms with van der Waals surface area (Å²) >= 11 is 2.41. The molecule has 2 amide bonds. The van der Waals surface area contributed by atoms with Crippen LogP contribution in [0.1, 0.15) is 11.3 Å². The molecule has 2 N–H and O–H groups in total. The normalized spacial score (nSPS) is 19.5. The minimum atomic E-state index is -0.440.